The number of rotatable bonds is 1. The van der Waals surface area contributed by atoms with E-state index in [2.05, 4.69) is 19.9 Å². The van der Waals surface area contributed by atoms with Crippen molar-refractivity contribution in [2.24, 2.45) is 23.3 Å². The molecule has 0 saturated heterocycles. The lowest BCUT2D eigenvalue weighted by Crippen LogP contribution is -2.32. The first kappa shape index (κ1) is 8.34. The van der Waals surface area contributed by atoms with Gasteiger partial charge in [0.2, 0.25) is 0 Å². The van der Waals surface area contributed by atoms with Gasteiger partial charge in [-0.2, -0.15) is 0 Å². The van der Waals surface area contributed by atoms with Gasteiger partial charge in [-0.05, 0) is 12.0 Å². The fourth-order valence-electron chi connectivity index (χ4n) is 1.38. The fourth-order valence-corrected chi connectivity index (χ4v) is 1.38. The molecule has 0 aromatic rings. The highest BCUT2D eigenvalue weighted by atomic mass is 14.7. The Hall–Kier alpha value is -0.760. The van der Waals surface area contributed by atoms with Crippen LogP contribution in [0.3, 0.4) is 0 Å². The Morgan fingerprint density at radius 2 is 2.09 bits per heavy atom. The lowest BCUT2D eigenvalue weighted by atomic mass is 9.85. The van der Waals surface area contributed by atoms with Gasteiger partial charge in [0.1, 0.15) is 0 Å². The van der Waals surface area contributed by atoms with Gasteiger partial charge >= 0.3 is 0 Å². The second-order valence-corrected chi connectivity index (χ2v) is 3.42. The van der Waals surface area contributed by atoms with E-state index in [9.17, 15) is 0 Å². The molecule has 0 heterocycles. The molecule has 0 amide bonds. The second kappa shape index (κ2) is 3.09. The van der Waals surface area contributed by atoms with Crippen molar-refractivity contribution in [3.63, 3.8) is 0 Å². The summed E-state index contributed by atoms with van der Waals surface area (Å²) in [5.74, 6) is 0.966. The van der Waals surface area contributed by atoms with Crippen LogP contribution in [0.1, 0.15) is 13.8 Å². The van der Waals surface area contributed by atoms with Gasteiger partial charge in [-0.25, -0.2) is 0 Å². The van der Waals surface area contributed by atoms with Crippen LogP contribution >= 0.6 is 0 Å². The topological polar surface area (TPSA) is 52.0 Å². The van der Waals surface area contributed by atoms with E-state index in [1.165, 1.54) is 0 Å². The molecule has 4 N–H and O–H groups in total. The highest BCUT2D eigenvalue weighted by molar-refractivity contribution is 5.24. The monoisotopic (exact) mass is 152 g/mol. The van der Waals surface area contributed by atoms with Crippen LogP contribution in [-0.2, 0) is 0 Å². The maximum atomic E-state index is 5.86. The zero-order valence-corrected chi connectivity index (χ0v) is 7.12. The van der Waals surface area contributed by atoms with E-state index in [0.29, 0.717) is 11.8 Å². The molecule has 11 heavy (non-hydrogen) atoms. The summed E-state index contributed by atoms with van der Waals surface area (Å²) in [6.45, 7) is 4.32. The summed E-state index contributed by atoms with van der Waals surface area (Å²) in [6, 6.07) is 0.141. The Morgan fingerprint density at radius 3 is 2.55 bits per heavy atom. The van der Waals surface area contributed by atoms with Crippen LogP contribution in [0.4, 0.5) is 0 Å². The van der Waals surface area contributed by atoms with Crippen molar-refractivity contribution in [3.05, 3.63) is 23.9 Å². The van der Waals surface area contributed by atoms with Crippen molar-refractivity contribution in [3.8, 4) is 0 Å². The summed E-state index contributed by atoms with van der Waals surface area (Å²) in [5, 5.41) is 0. The highest BCUT2D eigenvalue weighted by Crippen LogP contribution is 2.21. The van der Waals surface area contributed by atoms with E-state index in [-0.39, 0.29) is 6.04 Å². The SMILES string of the molecule is CC(C)C1C=C(N)C=CC1N. The third kappa shape index (κ3) is 1.84. The first-order valence-corrected chi connectivity index (χ1v) is 4.02. The van der Waals surface area contributed by atoms with Gasteiger partial charge < -0.3 is 11.5 Å². The predicted molar refractivity (Wildman–Crippen MR) is 47.7 cm³/mol. The Morgan fingerprint density at radius 1 is 1.45 bits per heavy atom. The first-order chi connectivity index (χ1) is 5.11. The van der Waals surface area contributed by atoms with Gasteiger partial charge in [-0.1, -0.05) is 26.0 Å². The molecule has 2 heteroatoms. The largest absolute Gasteiger partial charge is 0.399 e. The van der Waals surface area contributed by atoms with Crippen molar-refractivity contribution < 1.29 is 0 Å². The van der Waals surface area contributed by atoms with Gasteiger partial charge in [0.25, 0.3) is 0 Å². The lowest BCUT2D eigenvalue weighted by molar-refractivity contribution is 0.421. The van der Waals surface area contributed by atoms with E-state index in [1.54, 1.807) is 0 Å². The average Bonchev–Trinajstić information content (AvgIpc) is 1.94. The molecule has 1 aliphatic carbocycles. The van der Waals surface area contributed by atoms with E-state index in [4.69, 9.17) is 11.5 Å². The van der Waals surface area contributed by atoms with E-state index >= 15 is 0 Å². The molecule has 2 atom stereocenters. The Bertz CT molecular complexity index is 192. The number of hydrogen-bond acceptors (Lipinski definition) is 2. The standard InChI is InChI=1S/C9H16N2/c1-6(2)8-5-7(10)3-4-9(8)11/h3-6,8-9H,10-11H2,1-2H3. The van der Waals surface area contributed by atoms with Crippen LogP contribution in [0.2, 0.25) is 0 Å². The van der Waals surface area contributed by atoms with Crippen molar-refractivity contribution in [1.29, 1.82) is 0 Å². The smallest absolute Gasteiger partial charge is 0.0294 e. The molecule has 2 unspecified atom stereocenters. The molecule has 0 aromatic carbocycles. The summed E-state index contributed by atoms with van der Waals surface area (Å²) in [4.78, 5) is 0. The number of hydrogen-bond donors (Lipinski definition) is 2. The summed E-state index contributed by atoms with van der Waals surface area (Å²) < 4.78 is 0. The summed E-state index contributed by atoms with van der Waals surface area (Å²) in [6.07, 6.45) is 5.90. The quantitative estimate of drug-likeness (QED) is 0.589. The van der Waals surface area contributed by atoms with Crippen molar-refractivity contribution in [2.75, 3.05) is 0 Å². The van der Waals surface area contributed by atoms with Gasteiger partial charge in [0.15, 0.2) is 0 Å². The molecule has 0 bridgehead atoms. The van der Waals surface area contributed by atoms with Gasteiger partial charge in [0, 0.05) is 17.7 Å². The van der Waals surface area contributed by atoms with Gasteiger partial charge in [-0.15, -0.1) is 0 Å². The molecule has 62 valence electrons. The second-order valence-electron chi connectivity index (χ2n) is 3.42. The predicted octanol–water partition coefficient (Wildman–Crippen LogP) is 0.998. The molecular formula is C9H16N2. The summed E-state index contributed by atoms with van der Waals surface area (Å²) in [7, 11) is 0. The Balaban J connectivity index is 2.73. The highest BCUT2D eigenvalue weighted by Gasteiger charge is 2.19. The van der Waals surface area contributed by atoms with Crippen LogP contribution in [-0.4, -0.2) is 6.04 Å². The maximum Gasteiger partial charge on any atom is 0.0294 e. The molecule has 1 rings (SSSR count). The molecule has 1 aliphatic rings. The molecule has 0 aromatic heterocycles. The summed E-state index contributed by atoms with van der Waals surface area (Å²) in [5.41, 5.74) is 12.3. The molecule has 2 nitrogen and oxygen atoms in total. The van der Waals surface area contributed by atoms with Crippen molar-refractivity contribution in [2.45, 2.75) is 19.9 Å². The molecule has 0 saturated carbocycles. The van der Waals surface area contributed by atoms with Crippen LogP contribution in [0.15, 0.2) is 23.9 Å². The molecule has 0 aliphatic heterocycles. The molecule has 0 fully saturated rings. The molecular weight excluding hydrogens is 136 g/mol. The first-order valence-electron chi connectivity index (χ1n) is 4.02. The Labute approximate surface area is 68.0 Å². The fraction of sp³-hybridized carbons (Fsp3) is 0.556. The minimum absolute atomic E-state index is 0.141. The minimum atomic E-state index is 0.141. The van der Waals surface area contributed by atoms with Crippen LogP contribution in [0.5, 0.6) is 0 Å². The minimum Gasteiger partial charge on any atom is -0.399 e. The van der Waals surface area contributed by atoms with E-state index in [0.717, 1.165) is 5.70 Å². The molecule has 0 spiro atoms. The third-order valence-electron chi connectivity index (χ3n) is 2.11. The van der Waals surface area contributed by atoms with Crippen molar-refractivity contribution in [1.82, 2.24) is 0 Å². The lowest BCUT2D eigenvalue weighted by Gasteiger charge is -2.25. The van der Waals surface area contributed by atoms with Crippen LogP contribution in [0, 0.1) is 11.8 Å². The normalized spacial score (nSPS) is 30.7. The number of nitrogens with two attached hydrogens (primary N) is 2. The average molecular weight is 152 g/mol. The van der Waals surface area contributed by atoms with Crippen LogP contribution < -0.4 is 11.5 Å². The molecule has 0 radical (unpaired) electrons. The summed E-state index contributed by atoms with van der Waals surface area (Å²) >= 11 is 0. The maximum absolute atomic E-state index is 5.86. The number of allylic oxidation sites excluding steroid dienone is 1. The zero-order chi connectivity index (χ0) is 8.43. The third-order valence-corrected chi connectivity index (χ3v) is 2.11. The van der Waals surface area contributed by atoms with E-state index in [1.807, 2.05) is 12.2 Å². The van der Waals surface area contributed by atoms with Crippen LogP contribution in [0.25, 0.3) is 0 Å². The zero-order valence-electron chi connectivity index (χ0n) is 7.12. The van der Waals surface area contributed by atoms with E-state index < -0.39 is 0 Å². The van der Waals surface area contributed by atoms with Gasteiger partial charge in [-0.3, -0.25) is 0 Å². The van der Waals surface area contributed by atoms with Gasteiger partial charge in [0.05, 0.1) is 0 Å². The Kier molecular flexibility index (Phi) is 2.35. The van der Waals surface area contributed by atoms with Crippen molar-refractivity contribution >= 4 is 0 Å².